The van der Waals surface area contributed by atoms with Crippen LogP contribution >= 0.6 is 15.9 Å². The predicted molar refractivity (Wildman–Crippen MR) is 65.9 cm³/mol. The number of ether oxygens (including phenoxy) is 1. The van der Waals surface area contributed by atoms with Crippen LogP contribution in [0, 0.1) is 11.3 Å². The molecule has 0 fully saturated rings. The second-order valence-electron chi connectivity index (χ2n) is 3.06. The summed E-state index contributed by atoms with van der Waals surface area (Å²) in [5, 5.41) is 18.6. The van der Waals surface area contributed by atoms with Crippen LogP contribution < -0.4 is 0 Å². The van der Waals surface area contributed by atoms with Gasteiger partial charge in [-0.3, -0.25) is 0 Å². The Labute approximate surface area is 107 Å². The van der Waals surface area contributed by atoms with Gasteiger partial charge in [-0.05, 0) is 19.1 Å². The number of benzene rings is 1. The van der Waals surface area contributed by atoms with Crippen molar-refractivity contribution in [2.45, 2.75) is 6.92 Å². The number of hydrogen-bond acceptors (Lipinski definition) is 4. The molecule has 0 saturated heterocycles. The minimum atomic E-state index is -0.824. The van der Waals surface area contributed by atoms with Crippen molar-refractivity contribution in [2.75, 3.05) is 6.61 Å². The van der Waals surface area contributed by atoms with Gasteiger partial charge in [0.15, 0.2) is 5.57 Å². The minimum absolute atomic E-state index is 0.150. The molecule has 0 heterocycles. The van der Waals surface area contributed by atoms with E-state index in [0.717, 1.165) is 4.47 Å². The van der Waals surface area contributed by atoms with E-state index >= 15 is 0 Å². The molecule has 0 atom stereocenters. The molecule has 0 aromatic heterocycles. The minimum Gasteiger partial charge on any atom is -0.506 e. The molecule has 0 amide bonds. The Morgan fingerprint density at radius 1 is 1.47 bits per heavy atom. The standard InChI is InChI=1S/C12H10BrNO3/c1-2-17-12(16)10(7-14)11(15)8-3-5-9(13)6-4-8/h3-6,15H,2H2,1H3/b11-10+. The van der Waals surface area contributed by atoms with Gasteiger partial charge in [0, 0.05) is 10.0 Å². The maximum atomic E-state index is 11.4. The predicted octanol–water partition coefficient (Wildman–Crippen LogP) is 2.80. The fraction of sp³-hybridized carbons (Fsp3) is 0.167. The monoisotopic (exact) mass is 295 g/mol. The van der Waals surface area contributed by atoms with Gasteiger partial charge in [0.25, 0.3) is 0 Å². The SMILES string of the molecule is CCOC(=O)/C(C#N)=C(/O)c1ccc(Br)cc1. The third-order valence-corrected chi connectivity index (χ3v) is 2.47. The Balaban J connectivity index is 3.13. The lowest BCUT2D eigenvalue weighted by Gasteiger charge is -2.04. The summed E-state index contributed by atoms with van der Waals surface area (Å²) in [6.45, 7) is 1.78. The fourth-order valence-electron chi connectivity index (χ4n) is 1.15. The molecule has 0 saturated carbocycles. The Bertz CT molecular complexity index is 485. The first-order chi connectivity index (χ1) is 8.10. The summed E-state index contributed by atoms with van der Waals surface area (Å²) in [6.07, 6.45) is 0. The van der Waals surface area contributed by atoms with Crippen LogP contribution in [0.3, 0.4) is 0 Å². The van der Waals surface area contributed by atoms with Gasteiger partial charge in [-0.1, -0.05) is 28.1 Å². The van der Waals surface area contributed by atoms with Crippen LogP contribution in [-0.4, -0.2) is 17.7 Å². The molecule has 1 N–H and O–H groups in total. The molecule has 17 heavy (non-hydrogen) atoms. The average Bonchev–Trinajstić information content (AvgIpc) is 2.31. The molecule has 1 aromatic rings. The van der Waals surface area contributed by atoms with E-state index in [-0.39, 0.29) is 12.4 Å². The second kappa shape index (κ2) is 6.06. The molecule has 0 bridgehead atoms. The first kappa shape index (κ1) is 13.3. The molecule has 0 radical (unpaired) electrons. The van der Waals surface area contributed by atoms with Crippen LogP contribution in [0.15, 0.2) is 34.3 Å². The number of aliphatic hydroxyl groups is 1. The van der Waals surface area contributed by atoms with Crippen LogP contribution in [0.25, 0.3) is 5.76 Å². The van der Waals surface area contributed by atoms with Crippen molar-refractivity contribution in [1.29, 1.82) is 5.26 Å². The van der Waals surface area contributed by atoms with E-state index < -0.39 is 11.5 Å². The number of carbonyl (C=O) groups excluding carboxylic acids is 1. The summed E-state index contributed by atoms with van der Waals surface area (Å²) in [4.78, 5) is 11.4. The van der Waals surface area contributed by atoms with Crippen molar-refractivity contribution in [1.82, 2.24) is 0 Å². The van der Waals surface area contributed by atoms with Crippen LogP contribution in [0.1, 0.15) is 12.5 Å². The topological polar surface area (TPSA) is 70.3 Å². The molecule has 1 aromatic carbocycles. The zero-order valence-electron chi connectivity index (χ0n) is 9.11. The average molecular weight is 296 g/mol. The van der Waals surface area contributed by atoms with Crippen molar-refractivity contribution in [3.8, 4) is 6.07 Å². The van der Waals surface area contributed by atoms with E-state index in [1.165, 1.54) is 0 Å². The van der Waals surface area contributed by atoms with E-state index in [9.17, 15) is 9.90 Å². The summed E-state index contributed by atoms with van der Waals surface area (Å²) >= 11 is 3.25. The molecule has 1 rings (SSSR count). The number of hydrogen-bond donors (Lipinski definition) is 1. The van der Waals surface area contributed by atoms with Gasteiger partial charge in [0.05, 0.1) is 6.61 Å². The van der Waals surface area contributed by atoms with Gasteiger partial charge in [-0.15, -0.1) is 0 Å². The summed E-state index contributed by atoms with van der Waals surface area (Å²) in [6, 6.07) is 8.23. The van der Waals surface area contributed by atoms with E-state index in [1.807, 2.05) is 0 Å². The lowest BCUT2D eigenvalue weighted by molar-refractivity contribution is -0.138. The third-order valence-electron chi connectivity index (χ3n) is 1.95. The van der Waals surface area contributed by atoms with Crippen molar-refractivity contribution >= 4 is 27.7 Å². The summed E-state index contributed by atoms with van der Waals surface area (Å²) in [5.41, 5.74) is -0.00743. The van der Waals surface area contributed by atoms with Crippen LogP contribution in [0.5, 0.6) is 0 Å². The summed E-state index contributed by atoms with van der Waals surface area (Å²) in [5.74, 6) is -1.20. The maximum Gasteiger partial charge on any atom is 0.352 e. The fourth-order valence-corrected chi connectivity index (χ4v) is 1.41. The molecule has 4 nitrogen and oxygen atoms in total. The van der Waals surface area contributed by atoms with E-state index in [0.29, 0.717) is 5.56 Å². The number of esters is 1. The molecule has 88 valence electrons. The number of aliphatic hydroxyl groups excluding tert-OH is 1. The Morgan fingerprint density at radius 2 is 2.06 bits per heavy atom. The normalized spacial score (nSPS) is 11.4. The maximum absolute atomic E-state index is 11.4. The quantitative estimate of drug-likeness (QED) is 0.403. The van der Waals surface area contributed by atoms with Crippen LogP contribution in [0.4, 0.5) is 0 Å². The second-order valence-corrected chi connectivity index (χ2v) is 3.98. The number of rotatable bonds is 3. The summed E-state index contributed by atoms with van der Waals surface area (Å²) in [7, 11) is 0. The van der Waals surface area contributed by atoms with Crippen molar-refractivity contribution in [3.05, 3.63) is 39.9 Å². The lowest BCUT2D eigenvalue weighted by Crippen LogP contribution is -2.08. The van der Waals surface area contributed by atoms with Crippen LogP contribution in [-0.2, 0) is 9.53 Å². The smallest absolute Gasteiger partial charge is 0.352 e. The molecular formula is C12H10BrNO3. The third kappa shape index (κ3) is 3.33. The van der Waals surface area contributed by atoms with E-state index in [4.69, 9.17) is 5.26 Å². The highest BCUT2D eigenvalue weighted by molar-refractivity contribution is 9.10. The van der Waals surface area contributed by atoms with Crippen molar-refractivity contribution in [2.24, 2.45) is 0 Å². The molecule has 0 unspecified atom stereocenters. The molecular weight excluding hydrogens is 286 g/mol. The Kier molecular flexibility index (Phi) is 4.73. The zero-order chi connectivity index (χ0) is 12.8. The molecule has 0 aliphatic carbocycles. The zero-order valence-corrected chi connectivity index (χ0v) is 10.7. The molecule has 5 heteroatoms. The van der Waals surface area contributed by atoms with Gasteiger partial charge in [-0.25, -0.2) is 4.79 Å². The first-order valence-electron chi connectivity index (χ1n) is 4.86. The van der Waals surface area contributed by atoms with Gasteiger partial charge >= 0.3 is 5.97 Å². The number of nitriles is 1. The number of nitrogens with zero attached hydrogens (tertiary/aromatic N) is 1. The highest BCUT2D eigenvalue weighted by Gasteiger charge is 2.17. The van der Waals surface area contributed by atoms with Gasteiger partial charge in [0.2, 0.25) is 0 Å². The van der Waals surface area contributed by atoms with Gasteiger partial charge in [-0.2, -0.15) is 5.26 Å². The Morgan fingerprint density at radius 3 is 2.53 bits per heavy atom. The van der Waals surface area contributed by atoms with E-state index in [1.54, 1.807) is 37.3 Å². The first-order valence-corrected chi connectivity index (χ1v) is 5.65. The molecule has 0 aliphatic rings. The highest BCUT2D eigenvalue weighted by atomic mass is 79.9. The Hall–Kier alpha value is -1.80. The van der Waals surface area contributed by atoms with Crippen LogP contribution in [0.2, 0.25) is 0 Å². The van der Waals surface area contributed by atoms with Gasteiger partial charge in [0.1, 0.15) is 11.8 Å². The van der Waals surface area contributed by atoms with E-state index in [2.05, 4.69) is 20.7 Å². The number of halogens is 1. The largest absolute Gasteiger partial charge is 0.506 e. The van der Waals surface area contributed by atoms with Gasteiger partial charge < -0.3 is 9.84 Å². The highest BCUT2D eigenvalue weighted by Crippen LogP contribution is 2.19. The molecule has 0 aliphatic heterocycles. The summed E-state index contributed by atoms with van der Waals surface area (Å²) < 4.78 is 5.51. The molecule has 0 spiro atoms. The number of carbonyl (C=O) groups is 1. The lowest BCUT2D eigenvalue weighted by atomic mass is 10.1. The van der Waals surface area contributed by atoms with Crippen molar-refractivity contribution in [3.63, 3.8) is 0 Å². The van der Waals surface area contributed by atoms with Crippen molar-refractivity contribution < 1.29 is 14.6 Å².